The van der Waals surface area contributed by atoms with Crippen molar-refractivity contribution in [3.63, 3.8) is 0 Å². The van der Waals surface area contributed by atoms with Gasteiger partial charge in [-0.05, 0) is 0 Å². The van der Waals surface area contributed by atoms with Crippen molar-refractivity contribution in [1.82, 2.24) is 0 Å². The second kappa shape index (κ2) is 13.0. The highest BCUT2D eigenvalue weighted by molar-refractivity contribution is 4.72. The molecule has 0 heterocycles. The molecule has 0 atom stereocenters. The normalized spacial score (nSPS) is 10.7. The molecule has 0 aromatic heterocycles. The summed E-state index contributed by atoms with van der Waals surface area (Å²) in [6.45, 7) is 6.06. The second-order valence-corrected chi connectivity index (χ2v) is 4.00. The molecule has 0 N–H and O–H groups in total. The summed E-state index contributed by atoms with van der Waals surface area (Å²) in [5.74, 6) is 0. The number of hydrogen-bond donors (Lipinski definition) is 0. The van der Waals surface area contributed by atoms with Crippen LogP contribution in [0.25, 0.3) is 0 Å². The van der Waals surface area contributed by atoms with E-state index in [0.29, 0.717) is 0 Å². The Morgan fingerprint density at radius 2 is 1.43 bits per heavy atom. The fourth-order valence-electron chi connectivity index (χ4n) is 1.59. The number of hydrogen-bond acceptors (Lipinski definition) is 0. The molecule has 0 nitrogen and oxygen atoms in total. The van der Waals surface area contributed by atoms with Crippen LogP contribution in [0.4, 0.5) is 0 Å². The van der Waals surface area contributed by atoms with E-state index in [0.717, 1.165) is 6.42 Å². The van der Waals surface area contributed by atoms with Gasteiger partial charge in [0, 0.05) is 0 Å². The summed E-state index contributed by atoms with van der Waals surface area (Å²) in [5.41, 5.74) is 0. The van der Waals surface area contributed by atoms with Crippen molar-refractivity contribution >= 4 is 0 Å². The summed E-state index contributed by atoms with van der Waals surface area (Å²) in [6.07, 6.45) is 17.9. The first-order valence-corrected chi connectivity index (χ1v) is 6.34. The van der Waals surface area contributed by atoms with Crippen LogP contribution in [0.3, 0.4) is 0 Å². The maximum absolute atomic E-state index is 3.79. The van der Waals surface area contributed by atoms with E-state index in [1.807, 2.05) is 0 Å². The summed E-state index contributed by atoms with van der Waals surface area (Å²) in [7, 11) is 0. The van der Waals surface area contributed by atoms with Crippen LogP contribution in [0.1, 0.15) is 71.1 Å². The molecular formula is C14H27-3. The van der Waals surface area contributed by atoms with Gasteiger partial charge < -0.3 is 26.2 Å². The SMILES string of the molecule is [CH2-]C[CH-]CC[CH-]CCCCCCCC. The standard InChI is InChI=1S/C14H27/c1-3-5-7-9-11-13-14-12-10-8-6-4-2/h5,11H,1,3-4,6-10,12-14H2,2H3/q-3. The first-order chi connectivity index (χ1) is 6.91. The van der Waals surface area contributed by atoms with Crippen LogP contribution >= 0.6 is 0 Å². The Kier molecular flexibility index (Phi) is 13.0. The Hall–Kier alpha value is 0. The smallest absolute Gasteiger partial charge is 0.0533 e. The van der Waals surface area contributed by atoms with Crippen molar-refractivity contribution < 1.29 is 0 Å². The Bertz CT molecular complexity index is 74.0. The lowest BCUT2D eigenvalue weighted by atomic mass is 10.1. The van der Waals surface area contributed by atoms with Gasteiger partial charge in [0.05, 0.1) is 0 Å². The lowest BCUT2D eigenvalue weighted by molar-refractivity contribution is 0.600. The molecule has 0 aromatic carbocycles. The average Bonchev–Trinajstić information content (AvgIpc) is 2.21. The van der Waals surface area contributed by atoms with Crippen LogP contribution in [0.15, 0.2) is 0 Å². The van der Waals surface area contributed by atoms with Crippen molar-refractivity contribution in [1.29, 1.82) is 0 Å². The molecule has 86 valence electrons. The molecular weight excluding hydrogens is 168 g/mol. The molecule has 0 saturated heterocycles. The van der Waals surface area contributed by atoms with Gasteiger partial charge in [-0.2, -0.15) is 6.42 Å². The summed E-state index contributed by atoms with van der Waals surface area (Å²) in [6, 6.07) is 0. The van der Waals surface area contributed by atoms with Crippen LogP contribution < -0.4 is 0 Å². The molecule has 0 saturated carbocycles. The predicted octanol–water partition coefficient (Wildman–Crippen LogP) is 5.15. The zero-order chi connectivity index (χ0) is 10.5. The molecule has 0 aromatic rings. The zero-order valence-electron chi connectivity index (χ0n) is 9.93. The number of rotatable bonds is 11. The Labute approximate surface area is 91.5 Å². The Morgan fingerprint density at radius 3 is 2.14 bits per heavy atom. The molecule has 0 aliphatic carbocycles. The average molecular weight is 195 g/mol. The minimum absolute atomic E-state index is 0.977. The van der Waals surface area contributed by atoms with Crippen LogP contribution in [-0.2, 0) is 0 Å². The third-order valence-electron chi connectivity index (χ3n) is 2.54. The van der Waals surface area contributed by atoms with Crippen LogP contribution in [0.5, 0.6) is 0 Å². The highest BCUT2D eigenvalue weighted by atomic mass is 14.0. The molecule has 0 fully saturated rings. The van der Waals surface area contributed by atoms with E-state index in [-0.39, 0.29) is 0 Å². The van der Waals surface area contributed by atoms with Gasteiger partial charge in [-0.25, -0.2) is 12.8 Å². The van der Waals surface area contributed by atoms with Gasteiger partial charge in [-0.15, -0.1) is 0 Å². The van der Waals surface area contributed by atoms with Gasteiger partial charge in [0.15, 0.2) is 0 Å². The Balaban J connectivity index is 2.78. The monoisotopic (exact) mass is 195 g/mol. The molecule has 0 heteroatoms. The van der Waals surface area contributed by atoms with Gasteiger partial charge in [0.25, 0.3) is 0 Å². The molecule has 14 heavy (non-hydrogen) atoms. The maximum atomic E-state index is 3.79. The fourth-order valence-corrected chi connectivity index (χ4v) is 1.59. The summed E-state index contributed by atoms with van der Waals surface area (Å²) >= 11 is 0. The highest BCUT2D eigenvalue weighted by Crippen LogP contribution is 2.10. The van der Waals surface area contributed by atoms with Crippen LogP contribution in [-0.4, -0.2) is 0 Å². The van der Waals surface area contributed by atoms with E-state index in [1.54, 1.807) is 0 Å². The van der Waals surface area contributed by atoms with Crippen LogP contribution in [0, 0.1) is 19.8 Å². The van der Waals surface area contributed by atoms with E-state index < -0.39 is 0 Å². The molecule has 0 radical (unpaired) electrons. The third kappa shape index (κ3) is 12.0. The van der Waals surface area contributed by atoms with Crippen molar-refractivity contribution in [2.45, 2.75) is 71.1 Å². The molecule has 0 unspecified atom stereocenters. The lowest BCUT2D eigenvalue weighted by Crippen LogP contribution is -1.82. The van der Waals surface area contributed by atoms with Gasteiger partial charge in [-0.3, -0.25) is 0 Å². The predicted molar refractivity (Wildman–Crippen MR) is 65.8 cm³/mol. The van der Waals surface area contributed by atoms with Gasteiger partial charge >= 0.3 is 0 Å². The molecule has 0 aliphatic heterocycles. The Morgan fingerprint density at radius 1 is 0.786 bits per heavy atom. The largest absolute Gasteiger partial charge is 0.372 e. The van der Waals surface area contributed by atoms with Crippen molar-refractivity contribution in [3.8, 4) is 0 Å². The van der Waals surface area contributed by atoms with E-state index >= 15 is 0 Å². The van der Waals surface area contributed by atoms with Gasteiger partial charge in [0.1, 0.15) is 0 Å². The van der Waals surface area contributed by atoms with Gasteiger partial charge in [0.2, 0.25) is 0 Å². The zero-order valence-corrected chi connectivity index (χ0v) is 9.93. The van der Waals surface area contributed by atoms with E-state index in [2.05, 4.69) is 26.7 Å². The lowest BCUT2D eigenvalue weighted by Gasteiger charge is -2.17. The van der Waals surface area contributed by atoms with E-state index in [9.17, 15) is 0 Å². The first kappa shape index (κ1) is 14.0. The molecule has 0 aliphatic rings. The molecule has 0 spiro atoms. The minimum Gasteiger partial charge on any atom is -0.372 e. The summed E-state index contributed by atoms with van der Waals surface area (Å²) in [5, 5.41) is 0. The maximum Gasteiger partial charge on any atom is -0.0533 e. The molecule has 0 bridgehead atoms. The van der Waals surface area contributed by atoms with E-state index in [1.165, 1.54) is 57.8 Å². The topological polar surface area (TPSA) is 0 Å². The number of unbranched alkanes of at least 4 members (excludes halogenated alkanes) is 11. The van der Waals surface area contributed by atoms with Crippen molar-refractivity contribution in [3.05, 3.63) is 19.8 Å². The summed E-state index contributed by atoms with van der Waals surface area (Å²) < 4.78 is 0. The first-order valence-electron chi connectivity index (χ1n) is 6.34. The van der Waals surface area contributed by atoms with Crippen LogP contribution in [0.2, 0.25) is 0 Å². The minimum atomic E-state index is 0.977. The van der Waals surface area contributed by atoms with Crippen molar-refractivity contribution in [2.24, 2.45) is 0 Å². The summed E-state index contributed by atoms with van der Waals surface area (Å²) in [4.78, 5) is 0. The van der Waals surface area contributed by atoms with E-state index in [4.69, 9.17) is 0 Å². The quantitative estimate of drug-likeness (QED) is 0.316. The molecule has 0 rings (SSSR count). The fraction of sp³-hybridized carbons (Fsp3) is 0.786. The highest BCUT2D eigenvalue weighted by Gasteiger charge is 1.85. The second-order valence-electron chi connectivity index (χ2n) is 4.00. The molecule has 0 amide bonds. The third-order valence-corrected chi connectivity index (χ3v) is 2.54. The van der Waals surface area contributed by atoms with Gasteiger partial charge in [-0.1, -0.05) is 45.4 Å². The van der Waals surface area contributed by atoms with Crippen molar-refractivity contribution in [2.75, 3.05) is 0 Å².